The van der Waals surface area contributed by atoms with Crippen molar-refractivity contribution in [1.82, 2.24) is 20.1 Å². The smallest absolute Gasteiger partial charge is 0.259 e. The summed E-state index contributed by atoms with van der Waals surface area (Å²) in [4.78, 5) is 16.8. The van der Waals surface area contributed by atoms with E-state index in [0.29, 0.717) is 17.4 Å². The minimum absolute atomic E-state index is 0. The lowest BCUT2D eigenvalue weighted by molar-refractivity contribution is 0.102. The van der Waals surface area contributed by atoms with Crippen molar-refractivity contribution in [3.63, 3.8) is 0 Å². The van der Waals surface area contributed by atoms with Gasteiger partial charge in [0.05, 0.1) is 5.56 Å². The number of aromatic nitrogens is 3. The lowest BCUT2D eigenvalue weighted by Gasteiger charge is -2.19. The number of anilines is 1. The Morgan fingerprint density at radius 2 is 2.04 bits per heavy atom. The summed E-state index contributed by atoms with van der Waals surface area (Å²) in [5.41, 5.74) is 0.578. The molecule has 1 aliphatic rings. The molecular formula is C15H19BrClN5O. The van der Waals surface area contributed by atoms with Gasteiger partial charge in [-0.1, -0.05) is 12.1 Å². The lowest BCUT2D eigenvalue weighted by Crippen LogP contribution is -2.27. The molecule has 1 aromatic heterocycles. The van der Waals surface area contributed by atoms with Crippen LogP contribution >= 0.6 is 28.3 Å². The van der Waals surface area contributed by atoms with Gasteiger partial charge in [0.15, 0.2) is 5.82 Å². The van der Waals surface area contributed by atoms with Gasteiger partial charge in [0.2, 0.25) is 5.95 Å². The van der Waals surface area contributed by atoms with Gasteiger partial charge in [0.25, 0.3) is 5.91 Å². The molecule has 0 spiro atoms. The van der Waals surface area contributed by atoms with E-state index < -0.39 is 0 Å². The Morgan fingerprint density at radius 3 is 2.74 bits per heavy atom. The van der Waals surface area contributed by atoms with E-state index in [1.54, 1.807) is 17.8 Å². The minimum Gasteiger partial charge on any atom is -0.317 e. The first kappa shape index (κ1) is 17.9. The Labute approximate surface area is 149 Å². The number of amides is 1. The van der Waals surface area contributed by atoms with Crippen LogP contribution in [-0.2, 0) is 7.05 Å². The largest absolute Gasteiger partial charge is 0.317 e. The van der Waals surface area contributed by atoms with Gasteiger partial charge in [-0.3, -0.25) is 10.1 Å². The lowest BCUT2D eigenvalue weighted by atomic mass is 9.98. The van der Waals surface area contributed by atoms with E-state index in [0.717, 1.165) is 36.2 Å². The second-order valence-corrected chi connectivity index (χ2v) is 6.23. The molecule has 3 rings (SSSR count). The van der Waals surface area contributed by atoms with Crippen LogP contribution in [0.3, 0.4) is 0 Å². The van der Waals surface area contributed by atoms with Crippen molar-refractivity contribution in [2.75, 3.05) is 18.4 Å². The van der Waals surface area contributed by atoms with Crippen LogP contribution in [0.1, 0.15) is 34.9 Å². The molecule has 0 bridgehead atoms. The van der Waals surface area contributed by atoms with Crippen LogP contribution in [-0.4, -0.2) is 33.8 Å². The fourth-order valence-corrected chi connectivity index (χ4v) is 3.05. The average molecular weight is 401 g/mol. The van der Waals surface area contributed by atoms with Gasteiger partial charge in [-0.15, -0.1) is 12.4 Å². The molecule has 0 radical (unpaired) electrons. The van der Waals surface area contributed by atoms with Gasteiger partial charge in [0, 0.05) is 17.4 Å². The molecular weight excluding hydrogens is 382 g/mol. The summed E-state index contributed by atoms with van der Waals surface area (Å²) in [6, 6.07) is 7.31. The highest BCUT2D eigenvalue weighted by Gasteiger charge is 2.21. The quantitative estimate of drug-likeness (QED) is 0.831. The predicted molar refractivity (Wildman–Crippen MR) is 95.2 cm³/mol. The van der Waals surface area contributed by atoms with Crippen LogP contribution in [0.5, 0.6) is 0 Å². The molecule has 1 aromatic carbocycles. The number of nitrogens with one attached hydrogen (secondary N) is 2. The third-order valence-corrected chi connectivity index (χ3v) is 4.52. The first-order chi connectivity index (χ1) is 10.6. The standard InChI is InChI=1S/C15H18BrN5O.ClH/c1-21-15(18-13(20-21)10-6-8-17-9-7-10)19-14(22)11-4-2-3-5-12(11)16;/h2-5,10,17H,6-9H2,1H3,(H,18,19,20,22);1H. The molecule has 0 aliphatic carbocycles. The van der Waals surface area contributed by atoms with Crippen molar-refractivity contribution in [2.24, 2.45) is 7.05 Å². The van der Waals surface area contributed by atoms with Crippen LogP contribution < -0.4 is 10.6 Å². The molecule has 124 valence electrons. The summed E-state index contributed by atoms with van der Waals surface area (Å²) in [5, 5.41) is 10.6. The summed E-state index contributed by atoms with van der Waals surface area (Å²) >= 11 is 3.39. The van der Waals surface area contributed by atoms with E-state index in [-0.39, 0.29) is 18.3 Å². The van der Waals surface area contributed by atoms with E-state index in [1.165, 1.54) is 0 Å². The maximum Gasteiger partial charge on any atom is 0.259 e. The van der Waals surface area contributed by atoms with Gasteiger partial charge in [-0.25, -0.2) is 4.68 Å². The number of carbonyl (C=O) groups is 1. The highest BCUT2D eigenvalue weighted by molar-refractivity contribution is 9.10. The average Bonchev–Trinajstić information content (AvgIpc) is 2.89. The molecule has 0 saturated carbocycles. The van der Waals surface area contributed by atoms with E-state index >= 15 is 0 Å². The van der Waals surface area contributed by atoms with Gasteiger partial charge < -0.3 is 5.32 Å². The third kappa shape index (κ3) is 4.10. The van der Waals surface area contributed by atoms with Crippen molar-refractivity contribution in [1.29, 1.82) is 0 Å². The van der Waals surface area contributed by atoms with Gasteiger partial charge in [-0.05, 0) is 54.0 Å². The molecule has 8 heteroatoms. The Hall–Kier alpha value is -1.44. The Kier molecular flexibility index (Phi) is 6.15. The predicted octanol–water partition coefficient (Wildman–Crippen LogP) is 2.72. The Morgan fingerprint density at radius 1 is 1.35 bits per heavy atom. The molecule has 2 aromatic rings. The van der Waals surface area contributed by atoms with Crippen LogP contribution in [0.15, 0.2) is 28.7 Å². The summed E-state index contributed by atoms with van der Waals surface area (Å²) in [6.07, 6.45) is 2.06. The van der Waals surface area contributed by atoms with Crippen LogP contribution in [0.25, 0.3) is 0 Å². The molecule has 1 fully saturated rings. The van der Waals surface area contributed by atoms with Gasteiger partial charge >= 0.3 is 0 Å². The van der Waals surface area contributed by atoms with Crippen molar-refractivity contribution < 1.29 is 4.79 Å². The van der Waals surface area contributed by atoms with E-state index in [4.69, 9.17) is 0 Å². The molecule has 2 heterocycles. The number of nitrogens with zero attached hydrogens (tertiary/aromatic N) is 3. The van der Waals surface area contributed by atoms with Crippen molar-refractivity contribution >= 4 is 40.2 Å². The molecule has 1 aliphatic heterocycles. The molecule has 2 N–H and O–H groups in total. The van der Waals surface area contributed by atoms with Crippen molar-refractivity contribution in [3.8, 4) is 0 Å². The summed E-state index contributed by atoms with van der Waals surface area (Å²) in [6.45, 7) is 1.98. The molecule has 6 nitrogen and oxygen atoms in total. The number of piperidine rings is 1. The normalized spacial score (nSPS) is 15.0. The third-order valence-electron chi connectivity index (χ3n) is 3.83. The number of hydrogen-bond donors (Lipinski definition) is 2. The highest BCUT2D eigenvalue weighted by atomic mass is 79.9. The SMILES string of the molecule is Cl.Cn1nc(C2CCNCC2)nc1NC(=O)c1ccccc1Br. The minimum atomic E-state index is -0.195. The Bertz CT molecular complexity index is 684. The maximum atomic E-state index is 12.3. The zero-order valence-electron chi connectivity index (χ0n) is 12.8. The van der Waals surface area contributed by atoms with Crippen LogP contribution in [0.2, 0.25) is 0 Å². The van der Waals surface area contributed by atoms with E-state index in [1.807, 2.05) is 18.2 Å². The zero-order valence-corrected chi connectivity index (χ0v) is 15.2. The second kappa shape index (κ2) is 7.90. The first-order valence-electron chi connectivity index (χ1n) is 7.32. The van der Waals surface area contributed by atoms with Crippen LogP contribution in [0.4, 0.5) is 5.95 Å². The fraction of sp³-hybridized carbons (Fsp3) is 0.400. The summed E-state index contributed by atoms with van der Waals surface area (Å²) in [7, 11) is 1.80. The molecule has 1 saturated heterocycles. The monoisotopic (exact) mass is 399 g/mol. The molecule has 1 amide bonds. The number of rotatable bonds is 3. The number of halogens is 2. The van der Waals surface area contributed by atoms with E-state index in [9.17, 15) is 4.79 Å². The number of carbonyl (C=O) groups excluding carboxylic acids is 1. The zero-order chi connectivity index (χ0) is 15.5. The van der Waals surface area contributed by atoms with Crippen molar-refractivity contribution in [2.45, 2.75) is 18.8 Å². The highest BCUT2D eigenvalue weighted by Crippen LogP contribution is 2.23. The van der Waals surface area contributed by atoms with Gasteiger partial charge in [0.1, 0.15) is 0 Å². The summed E-state index contributed by atoms with van der Waals surface area (Å²) in [5.74, 6) is 1.46. The number of hydrogen-bond acceptors (Lipinski definition) is 4. The van der Waals surface area contributed by atoms with Crippen LogP contribution in [0, 0.1) is 0 Å². The topological polar surface area (TPSA) is 71.8 Å². The van der Waals surface area contributed by atoms with E-state index in [2.05, 4.69) is 36.6 Å². The number of benzene rings is 1. The Balaban J connectivity index is 0.00000192. The molecule has 23 heavy (non-hydrogen) atoms. The fourth-order valence-electron chi connectivity index (χ4n) is 2.58. The molecule has 0 atom stereocenters. The number of aryl methyl sites for hydroxylation is 1. The summed E-state index contributed by atoms with van der Waals surface area (Å²) < 4.78 is 2.39. The van der Waals surface area contributed by atoms with Gasteiger partial charge in [-0.2, -0.15) is 10.1 Å². The second-order valence-electron chi connectivity index (χ2n) is 5.38. The molecule has 0 unspecified atom stereocenters. The first-order valence-corrected chi connectivity index (χ1v) is 8.12. The van der Waals surface area contributed by atoms with Crippen molar-refractivity contribution in [3.05, 3.63) is 40.1 Å². The maximum absolute atomic E-state index is 12.3.